The highest BCUT2D eigenvalue weighted by Crippen LogP contribution is 2.25. The first-order valence-electron chi connectivity index (χ1n) is 6.21. The number of carbonyl (C=O) groups excluding carboxylic acids is 1. The fraction of sp³-hybridized carbons (Fsp3) is 0.462. The van der Waals surface area contributed by atoms with Crippen LogP contribution in [0.25, 0.3) is 0 Å². The molecule has 0 aliphatic carbocycles. The van der Waals surface area contributed by atoms with Crippen LogP contribution in [0.3, 0.4) is 0 Å². The maximum absolute atomic E-state index is 12.1. The molecule has 20 heavy (non-hydrogen) atoms. The molecule has 1 aliphatic heterocycles. The van der Waals surface area contributed by atoms with Gasteiger partial charge in [0.25, 0.3) is 0 Å². The van der Waals surface area contributed by atoms with E-state index in [-0.39, 0.29) is 23.8 Å². The van der Waals surface area contributed by atoms with Crippen LogP contribution in [0, 0.1) is 0 Å². The number of benzene rings is 1. The fourth-order valence-electron chi connectivity index (χ4n) is 2.04. The van der Waals surface area contributed by atoms with E-state index in [0.717, 1.165) is 0 Å². The van der Waals surface area contributed by atoms with Crippen molar-refractivity contribution >= 4 is 27.2 Å². The third kappa shape index (κ3) is 3.71. The number of hydrogen-bond donors (Lipinski definition) is 0. The van der Waals surface area contributed by atoms with Crippen LogP contribution < -0.4 is 4.74 Å². The summed E-state index contributed by atoms with van der Waals surface area (Å²) in [6.07, 6.45) is 0. The Hall–Kier alpha value is -1.11. The lowest BCUT2D eigenvalue weighted by Crippen LogP contribution is -2.42. The molecule has 2 rings (SSSR count). The van der Waals surface area contributed by atoms with Gasteiger partial charge in [0.05, 0.1) is 30.2 Å². The highest BCUT2D eigenvalue weighted by molar-refractivity contribution is 7.91. The summed E-state index contributed by atoms with van der Waals surface area (Å²) in [5.74, 6) is 0.675. The highest BCUT2D eigenvalue weighted by atomic mass is 35.5. The lowest BCUT2D eigenvalue weighted by molar-refractivity contribution is 0.0936. The summed E-state index contributed by atoms with van der Waals surface area (Å²) in [7, 11) is -1.41. The van der Waals surface area contributed by atoms with E-state index in [1.165, 1.54) is 7.11 Å². The molecule has 1 heterocycles. The zero-order chi connectivity index (χ0) is 14.8. The van der Waals surface area contributed by atoms with Crippen molar-refractivity contribution in [2.75, 3.05) is 38.2 Å². The molecule has 0 bridgehead atoms. The second kappa shape index (κ2) is 6.11. The van der Waals surface area contributed by atoms with E-state index < -0.39 is 9.84 Å². The van der Waals surface area contributed by atoms with Crippen LogP contribution in [0.2, 0.25) is 5.02 Å². The van der Waals surface area contributed by atoms with Crippen molar-refractivity contribution in [3.8, 4) is 5.75 Å². The Morgan fingerprint density at radius 3 is 2.55 bits per heavy atom. The molecule has 0 aromatic heterocycles. The molecule has 0 amide bonds. The third-order valence-corrected chi connectivity index (χ3v) is 5.18. The lowest BCUT2D eigenvalue weighted by Gasteiger charge is -2.25. The summed E-state index contributed by atoms with van der Waals surface area (Å²) in [6, 6.07) is 4.88. The number of hydrogen-bond acceptors (Lipinski definition) is 5. The summed E-state index contributed by atoms with van der Waals surface area (Å²) in [5, 5.41) is 0.388. The van der Waals surface area contributed by atoms with Crippen LogP contribution in [0.5, 0.6) is 5.75 Å². The molecule has 0 unspecified atom stereocenters. The maximum Gasteiger partial charge on any atom is 0.176 e. The molecule has 1 aromatic rings. The zero-order valence-corrected chi connectivity index (χ0v) is 12.7. The van der Waals surface area contributed by atoms with Gasteiger partial charge in [-0.1, -0.05) is 11.6 Å². The predicted molar refractivity (Wildman–Crippen MR) is 77.4 cm³/mol. The molecule has 5 nitrogen and oxygen atoms in total. The van der Waals surface area contributed by atoms with E-state index in [2.05, 4.69) is 0 Å². The van der Waals surface area contributed by atoms with Crippen LogP contribution in [0.4, 0.5) is 0 Å². The molecule has 0 atom stereocenters. The Bertz CT molecular complexity index is 601. The fourth-order valence-corrected chi connectivity index (χ4v) is 3.58. The summed E-state index contributed by atoms with van der Waals surface area (Å²) >= 11 is 5.98. The van der Waals surface area contributed by atoms with Crippen molar-refractivity contribution in [2.24, 2.45) is 0 Å². The Balaban J connectivity index is 2.00. The van der Waals surface area contributed by atoms with Gasteiger partial charge in [-0.25, -0.2) is 8.42 Å². The van der Waals surface area contributed by atoms with Gasteiger partial charge in [-0.15, -0.1) is 0 Å². The molecule has 110 valence electrons. The summed E-state index contributed by atoms with van der Waals surface area (Å²) < 4.78 is 27.7. The van der Waals surface area contributed by atoms with E-state index in [4.69, 9.17) is 16.3 Å². The first-order chi connectivity index (χ1) is 9.41. The number of nitrogens with zero attached hydrogens (tertiary/aromatic N) is 1. The number of ketones is 1. The first-order valence-corrected chi connectivity index (χ1v) is 8.41. The van der Waals surface area contributed by atoms with Crippen molar-refractivity contribution in [3.05, 3.63) is 28.8 Å². The van der Waals surface area contributed by atoms with E-state index in [1.54, 1.807) is 18.2 Å². The second-order valence-electron chi connectivity index (χ2n) is 4.70. The minimum Gasteiger partial charge on any atom is -0.495 e. The van der Waals surface area contributed by atoms with Crippen LogP contribution in [0.1, 0.15) is 10.4 Å². The highest BCUT2D eigenvalue weighted by Gasteiger charge is 2.23. The molecule has 0 N–H and O–H groups in total. The number of carbonyl (C=O) groups is 1. The first kappa shape index (κ1) is 15.3. The van der Waals surface area contributed by atoms with Gasteiger partial charge in [-0.2, -0.15) is 0 Å². The van der Waals surface area contributed by atoms with Crippen LogP contribution in [0.15, 0.2) is 18.2 Å². The Labute approximate surface area is 123 Å². The molecular formula is C13H16ClNO4S. The molecule has 0 radical (unpaired) electrons. The second-order valence-corrected chi connectivity index (χ2v) is 7.41. The van der Waals surface area contributed by atoms with Crippen molar-refractivity contribution in [2.45, 2.75) is 0 Å². The molecule has 1 aliphatic rings. The van der Waals surface area contributed by atoms with E-state index in [0.29, 0.717) is 29.4 Å². The van der Waals surface area contributed by atoms with E-state index >= 15 is 0 Å². The lowest BCUT2D eigenvalue weighted by atomic mass is 10.1. The van der Waals surface area contributed by atoms with Gasteiger partial charge in [0.2, 0.25) is 0 Å². The Morgan fingerprint density at radius 2 is 2.00 bits per heavy atom. The summed E-state index contributed by atoms with van der Waals surface area (Å²) in [4.78, 5) is 14.0. The number of methoxy groups -OCH3 is 1. The van der Waals surface area contributed by atoms with Gasteiger partial charge in [0.15, 0.2) is 15.6 Å². The molecular weight excluding hydrogens is 302 g/mol. The van der Waals surface area contributed by atoms with E-state index in [9.17, 15) is 13.2 Å². The number of rotatable bonds is 4. The number of sulfone groups is 1. The quantitative estimate of drug-likeness (QED) is 0.782. The van der Waals surface area contributed by atoms with Gasteiger partial charge >= 0.3 is 0 Å². The monoisotopic (exact) mass is 317 g/mol. The molecule has 1 saturated heterocycles. The van der Waals surface area contributed by atoms with Gasteiger partial charge in [0, 0.05) is 18.7 Å². The van der Waals surface area contributed by atoms with Crippen molar-refractivity contribution in [3.63, 3.8) is 0 Å². The molecule has 7 heteroatoms. The molecule has 0 spiro atoms. The minimum absolute atomic E-state index is 0.0751. The van der Waals surface area contributed by atoms with Crippen molar-refractivity contribution in [1.29, 1.82) is 0 Å². The largest absolute Gasteiger partial charge is 0.495 e. The number of ether oxygens (including phenoxy) is 1. The van der Waals surface area contributed by atoms with Crippen LogP contribution >= 0.6 is 11.6 Å². The smallest absolute Gasteiger partial charge is 0.176 e. The number of Topliss-reactive ketones (excluding diaryl/α,β-unsaturated/α-hetero) is 1. The van der Waals surface area contributed by atoms with Gasteiger partial charge < -0.3 is 4.74 Å². The zero-order valence-electron chi connectivity index (χ0n) is 11.1. The van der Waals surface area contributed by atoms with Gasteiger partial charge in [-0.05, 0) is 18.2 Å². The standard InChI is InChI=1S/C13H16ClNO4S/c1-19-13-3-2-10(8-11(13)14)12(16)9-15-4-6-20(17,18)7-5-15/h2-3,8H,4-7,9H2,1H3. The average molecular weight is 318 g/mol. The van der Waals surface area contributed by atoms with Crippen LogP contribution in [-0.2, 0) is 9.84 Å². The summed E-state index contributed by atoms with van der Waals surface area (Å²) in [6.45, 7) is 1.01. The number of halogens is 1. The maximum atomic E-state index is 12.1. The molecule has 1 aromatic carbocycles. The van der Waals surface area contributed by atoms with Crippen LogP contribution in [-0.4, -0.2) is 57.4 Å². The SMILES string of the molecule is COc1ccc(C(=O)CN2CCS(=O)(=O)CC2)cc1Cl. The molecule has 1 fully saturated rings. The molecule has 0 saturated carbocycles. The van der Waals surface area contributed by atoms with Crippen molar-refractivity contribution in [1.82, 2.24) is 4.90 Å². The topological polar surface area (TPSA) is 63.7 Å². The van der Waals surface area contributed by atoms with E-state index in [1.807, 2.05) is 4.90 Å². The van der Waals surface area contributed by atoms with Gasteiger partial charge in [0.1, 0.15) is 5.75 Å². The Morgan fingerprint density at radius 1 is 1.35 bits per heavy atom. The predicted octanol–water partition coefficient (Wildman–Crippen LogP) is 1.26. The average Bonchev–Trinajstić information content (AvgIpc) is 2.41. The summed E-state index contributed by atoms with van der Waals surface area (Å²) in [5.41, 5.74) is 0.504. The third-order valence-electron chi connectivity index (χ3n) is 3.28. The minimum atomic E-state index is -2.92. The van der Waals surface area contributed by atoms with Crippen molar-refractivity contribution < 1.29 is 17.9 Å². The van der Waals surface area contributed by atoms with Gasteiger partial charge in [-0.3, -0.25) is 9.69 Å². The normalized spacial score (nSPS) is 18.7. The Kier molecular flexibility index (Phi) is 4.67.